The van der Waals surface area contributed by atoms with Crippen molar-refractivity contribution in [1.29, 1.82) is 0 Å². The third kappa shape index (κ3) is 3.12. The van der Waals surface area contributed by atoms with Gasteiger partial charge in [-0.1, -0.05) is 24.8 Å². The minimum absolute atomic E-state index is 0.197. The number of thioether (sulfide) groups is 1. The first-order valence-electron chi connectivity index (χ1n) is 9.20. The Morgan fingerprint density at radius 1 is 1.31 bits per heavy atom. The minimum Gasteiger partial charge on any atom is -0.292 e. The van der Waals surface area contributed by atoms with E-state index in [1.54, 1.807) is 11.8 Å². The van der Waals surface area contributed by atoms with Gasteiger partial charge in [0, 0.05) is 16.2 Å². The lowest BCUT2D eigenvalue weighted by Crippen LogP contribution is -2.09. The van der Waals surface area contributed by atoms with Crippen LogP contribution in [0.15, 0.2) is 22.5 Å². The zero-order chi connectivity index (χ0) is 17.7. The fourth-order valence-electron chi connectivity index (χ4n) is 3.60. The molecular weight excluding hydrogens is 380 g/mol. The normalized spacial score (nSPS) is 19.7. The Labute approximate surface area is 165 Å². The summed E-state index contributed by atoms with van der Waals surface area (Å²) in [5.41, 5.74) is 1.46. The molecule has 3 nitrogen and oxygen atoms in total. The highest BCUT2D eigenvalue weighted by atomic mass is 32.2. The highest BCUT2D eigenvalue weighted by Gasteiger charge is 2.30. The van der Waals surface area contributed by atoms with Gasteiger partial charge >= 0.3 is 0 Å². The SMILES string of the molecule is C[C@H]1CCc2c(sc3nc(C4CC4)nc(SCC(=O)c4cccs4)c23)C1. The van der Waals surface area contributed by atoms with Gasteiger partial charge in [0.15, 0.2) is 5.78 Å². The van der Waals surface area contributed by atoms with E-state index in [1.807, 2.05) is 28.8 Å². The fourth-order valence-corrected chi connectivity index (χ4v) is 6.75. The second-order valence-corrected chi connectivity index (χ2v) is 10.4. The number of hydrogen-bond donors (Lipinski definition) is 0. The van der Waals surface area contributed by atoms with Gasteiger partial charge < -0.3 is 0 Å². The first kappa shape index (κ1) is 16.9. The maximum atomic E-state index is 12.5. The standard InChI is InChI=1S/C20H20N2OS3/c1-11-4-7-13-16(9-11)26-20-17(13)19(21-18(22-20)12-5-6-12)25-10-14(23)15-3-2-8-24-15/h2-3,8,11-12H,4-7,9-10H2,1H3/t11-/m0/s1. The lowest BCUT2D eigenvalue weighted by molar-refractivity contribution is 0.102. The van der Waals surface area contributed by atoms with Gasteiger partial charge in [0.1, 0.15) is 15.7 Å². The number of aryl methyl sites for hydroxylation is 1. The number of carbonyl (C=O) groups is 1. The van der Waals surface area contributed by atoms with E-state index < -0.39 is 0 Å². The maximum absolute atomic E-state index is 12.5. The number of hydrogen-bond acceptors (Lipinski definition) is 6. The molecule has 26 heavy (non-hydrogen) atoms. The van der Waals surface area contributed by atoms with Gasteiger partial charge in [-0.25, -0.2) is 9.97 Å². The average molecular weight is 401 g/mol. The molecule has 0 saturated heterocycles. The van der Waals surface area contributed by atoms with Crippen LogP contribution in [0.2, 0.25) is 0 Å². The van der Waals surface area contributed by atoms with E-state index in [4.69, 9.17) is 9.97 Å². The van der Waals surface area contributed by atoms with Gasteiger partial charge in [0.05, 0.1) is 10.6 Å². The van der Waals surface area contributed by atoms with Gasteiger partial charge in [0.2, 0.25) is 0 Å². The van der Waals surface area contributed by atoms with Crippen molar-refractivity contribution in [3.8, 4) is 0 Å². The topological polar surface area (TPSA) is 42.9 Å². The van der Waals surface area contributed by atoms with E-state index in [2.05, 4.69) is 6.92 Å². The molecule has 0 amide bonds. The molecule has 0 aromatic carbocycles. The quantitative estimate of drug-likeness (QED) is 0.312. The number of rotatable bonds is 5. The molecule has 5 rings (SSSR count). The summed E-state index contributed by atoms with van der Waals surface area (Å²) in [6.45, 7) is 2.34. The number of thiophene rings is 2. The highest BCUT2D eigenvalue weighted by molar-refractivity contribution is 8.00. The van der Waals surface area contributed by atoms with Crippen molar-refractivity contribution in [2.75, 3.05) is 5.75 Å². The Balaban J connectivity index is 1.52. The molecule has 0 unspecified atom stereocenters. The van der Waals surface area contributed by atoms with Crippen LogP contribution >= 0.6 is 34.4 Å². The van der Waals surface area contributed by atoms with Crippen molar-refractivity contribution in [2.24, 2.45) is 5.92 Å². The molecule has 0 N–H and O–H groups in total. The second-order valence-electron chi connectivity index (χ2n) is 7.38. The summed E-state index contributed by atoms with van der Waals surface area (Å²) < 4.78 is 0. The third-order valence-corrected chi connectivity index (χ3v) is 8.25. The van der Waals surface area contributed by atoms with Crippen molar-refractivity contribution in [2.45, 2.75) is 50.0 Å². The predicted molar refractivity (Wildman–Crippen MR) is 110 cm³/mol. The summed E-state index contributed by atoms with van der Waals surface area (Å²) in [7, 11) is 0. The average Bonchev–Trinajstić information content (AvgIpc) is 3.21. The lowest BCUT2D eigenvalue weighted by Gasteiger charge is -2.18. The van der Waals surface area contributed by atoms with E-state index in [1.165, 1.54) is 46.4 Å². The molecule has 1 fully saturated rings. The van der Waals surface area contributed by atoms with Gasteiger partial charge in [0.25, 0.3) is 0 Å². The fraction of sp³-hybridized carbons (Fsp3) is 0.450. The Morgan fingerprint density at radius 3 is 2.96 bits per heavy atom. The number of aromatic nitrogens is 2. The summed E-state index contributed by atoms with van der Waals surface area (Å²) in [6.07, 6.45) is 5.92. The molecule has 1 saturated carbocycles. The van der Waals surface area contributed by atoms with Crippen LogP contribution < -0.4 is 0 Å². The van der Waals surface area contributed by atoms with Crippen molar-refractivity contribution in [1.82, 2.24) is 9.97 Å². The molecule has 0 radical (unpaired) electrons. The first-order valence-corrected chi connectivity index (χ1v) is 11.9. The molecule has 0 aliphatic heterocycles. The van der Waals surface area contributed by atoms with Crippen molar-refractivity contribution in [3.63, 3.8) is 0 Å². The van der Waals surface area contributed by atoms with Gasteiger partial charge in [-0.15, -0.1) is 22.7 Å². The molecule has 6 heteroatoms. The van der Waals surface area contributed by atoms with Crippen LogP contribution in [0.1, 0.15) is 58.0 Å². The van der Waals surface area contributed by atoms with Gasteiger partial charge in [-0.3, -0.25) is 4.79 Å². The summed E-state index contributed by atoms with van der Waals surface area (Å²) in [5.74, 6) is 2.93. The third-order valence-electron chi connectivity index (χ3n) is 5.22. The van der Waals surface area contributed by atoms with Crippen LogP contribution in [0.4, 0.5) is 0 Å². The summed E-state index contributed by atoms with van der Waals surface area (Å²) in [5, 5.41) is 4.24. The van der Waals surface area contributed by atoms with Crippen LogP contribution in [-0.2, 0) is 12.8 Å². The number of Topliss-reactive ketones (excluding diaryl/α,β-unsaturated/α-hetero) is 1. The molecule has 1 atom stereocenters. The van der Waals surface area contributed by atoms with E-state index >= 15 is 0 Å². The van der Waals surface area contributed by atoms with Crippen LogP contribution in [0.25, 0.3) is 10.2 Å². The van der Waals surface area contributed by atoms with Crippen molar-refractivity contribution >= 4 is 50.4 Å². The highest BCUT2D eigenvalue weighted by Crippen LogP contribution is 2.44. The van der Waals surface area contributed by atoms with E-state index in [0.717, 1.165) is 39.3 Å². The van der Waals surface area contributed by atoms with E-state index in [-0.39, 0.29) is 5.78 Å². The Hall–Kier alpha value is -1.24. The Morgan fingerprint density at radius 2 is 2.19 bits per heavy atom. The van der Waals surface area contributed by atoms with Crippen LogP contribution in [0.5, 0.6) is 0 Å². The zero-order valence-electron chi connectivity index (χ0n) is 14.7. The van der Waals surface area contributed by atoms with Crippen molar-refractivity contribution < 1.29 is 4.79 Å². The first-order chi connectivity index (χ1) is 12.7. The molecule has 3 aromatic rings. The summed E-state index contributed by atoms with van der Waals surface area (Å²) in [6, 6.07) is 3.85. The predicted octanol–water partition coefficient (Wildman–Crippen LogP) is 5.73. The number of fused-ring (bicyclic) bond motifs is 3. The van der Waals surface area contributed by atoms with Gasteiger partial charge in [-0.05, 0) is 55.0 Å². The van der Waals surface area contributed by atoms with Crippen LogP contribution in [0, 0.1) is 5.92 Å². The largest absolute Gasteiger partial charge is 0.292 e. The van der Waals surface area contributed by atoms with Gasteiger partial charge in [-0.2, -0.15) is 0 Å². The van der Waals surface area contributed by atoms with E-state index in [9.17, 15) is 4.79 Å². The van der Waals surface area contributed by atoms with Crippen LogP contribution in [0.3, 0.4) is 0 Å². The summed E-state index contributed by atoms with van der Waals surface area (Å²) in [4.78, 5) is 25.8. The number of ketones is 1. The monoisotopic (exact) mass is 400 g/mol. The molecule has 2 aliphatic rings. The molecule has 134 valence electrons. The molecule has 0 spiro atoms. The lowest BCUT2D eigenvalue weighted by atomic mass is 9.89. The Kier molecular flexibility index (Phi) is 4.38. The maximum Gasteiger partial charge on any atom is 0.183 e. The molecular formula is C20H20N2OS3. The number of carbonyl (C=O) groups excluding carboxylic acids is 1. The zero-order valence-corrected chi connectivity index (χ0v) is 17.1. The second kappa shape index (κ2) is 6.73. The van der Waals surface area contributed by atoms with Crippen molar-refractivity contribution in [3.05, 3.63) is 38.7 Å². The van der Waals surface area contributed by atoms with E-state index in [0.29, 0.717) is 11.7 Å². The minimum atomic E-state index is 0.197. The molecule has 2 aliphatic carbocycles. The molecule has 0 bridgehead atoms. The smallest absolute Gasteiger partial charge is 0.183 e. The molecule has 3 heterocycles. The summed E-state index contributed by atoms with van der Waals surface area (Å²) >= 11 is 4.99. The number of nitrogens with zero attached hydrogens (tertiary/aromatic N) is 2. The van der Waals surface area contributed by atoms with Crippen LogP contribution in [-0.4, -0.2) is 21.5 Å². The Bertz CT molecular complexity index is 973. The molecule has 3 aromatic heterocycles.